The van der Waals surface area contributed by atoms with Crippen LogP contribution in [0.25, 0.3) is 0 Å². The summed E-state index contributed by atoms with van der Waals surface area (Å²) < 4.78 is 4.69. The molecule has 4 nitrogen and oxygen atoms in total. The number of halogens is 1. The van der Waals surface area contributed by atoms with Crippen LogP contribution >= 0.6 is 15.9 Å². The SMILES string of the molecule is CN(C(=O)c1ccon1)C1CCCCC1Br. The first-order valence-electron chi connectivity index (χ1n) is 5.52. The molecule has 0 aromatic carbocycles. The first-order chi connectivity index (χ1) is 7.70. The molecule has 0 radical (unpaired) electrons. The molecule has 2 rings (SSSR count). The molecular weight excluding hydrogens is 272 g/mol. The molecule has 16 heavy (non-hydrogen) atoms. The van der Waals surface area contributed by atoms with E-state index in [9.17, 15) is 4.79 Å². The molecule has 1 aromatic rings. The zero-order valence-electron chi connectivity index (χ0n) is 9.23. The van der Waals surface area contributed by atoms with Crippen LogP contribution in [0.1, 0.15) is 36.2 Å². The van der Waals surface area contributed by atoms with Crippen molar-refractivity contribution in [2.45, 2.75) is 36.6 Å². The Morgan fingerprint density at radius 2 is 2.31 bits per heavy atom. The van der Waals surface area contributed by atoms with E-state index >= 15 is 0 Å². The maximum absolute atomic E-state index is 12.0. The highest BCUT2D eigenvalue weighted by atomic mass is 79.9. The van der Waals surface area contributed by atoms with Crippen LogP contribution in [0, 0.1) is 0 Å². The highest BCUT2D eigenvalue weighted by molar-refractivity contribution is 9.09. The lowest BCUT2D eigenvalue weighted by Gasteiger charge is -2.34. The van der Waals surface area contributed by atoms with Crippen LogP contribution in [0.15, 0.2) is 16.9 Å². The molecule has 1 aliphatic rings. The third kappa shape index (κ3) is 2.29. The van der Waals surface area contributed by atoms with Gasteiger partial charge in [-0.15, -0.1) is 0 Å². The number of amides is 1. The predicted octanol–water partition coefficient (Wildman–Crippen LogP) is 2.45. The van der Waals surface area contributed by atoms with Gasteiger partial charge in [-0.25, -0.2) is 0 Å². The monoisotopic (exact) mass is 286 g/mol. The number of nitrogens with zero attached hydrogens (tertiary/aromatic N) is 2. The number of alkyl halides is 1. The van der Waals surface area contributed by atoms with Crippen molar-refractivity contribution in [2.75, 3.05) is 7.05 Å². The second-order valence-electron chi connectivity index (χ2n) is 4.17. The van der Waals surface area contributed by atoms with Crippen molar-refractivity contribution in [3.8, 4) is 0 Å². The summed E-state index contributed by atoms with van der Waals surface area (Å²) in [6.45, 7) is 0. The van der Waals surface area contributed by atoms with Gasteiger partial charge in [0.15, 0.2) is 5.69 Å². The molecule has 1 amide bonds. The summed E-state index contributed by atoms with van der Waals surface area (Å²) in [5.41, 5.74) is 0.382. The fourth-order valence-corrected chi connectivity index (χ4v) is 3.10. The summed E-state index contributed by atoms with van der Waals surface area (Å²) in [7, 11) is 1.83. The van der Waals surface area contributed by atoms with E-state index in [1.807, 2.05) is 7.05 Å². The van der Waals surface area contributed by atoms with Crippen molar-refractivity contribution in [2.24, 2.45) is 0 Å². The van der Waals surface area contributed by atoms with Crippen LogP contribution in [0.4, 0.5) is 0 Å². The van der Waals surface area contributed by atoms with Gasteiger partial charge in [-0.3, -0.25) is 4.79 Å². The molecule has 1 heterocycles. The van der Waals surface area contributed by atoms with Gasteiger partial charge in [0.1, 0.15) is 6.26 Å². The average molecular weight is 287 g/mol. The second kappa shape index (κ2) is 4.99. The molecule has 0 N–H and O–H groups in total. The summed E-state index contributed by atoms with van der Waals surface area (Å²) in [5.74, 6) is -0.0647. The summed E-state index contributed by atoms with van der Waals surface area (Å²) in [6, 6.07) is 1.86. The molecule has 5 heteroatoms. The van der Waals surface area contributed by atoms with Crippen LogP contribution in [-0.4, -0.2) is 33.9 Å². The van der Waals surface area contributed by atoms with E-state index in [4.69, 9.17) is 4.52 Å². The largest absolute Gasteiger partial charge is 0.364 e. The topological polar surface area (TPSA) is 46.3 Å². The second-order valence-corrected chi connectivity index (χ2v) is 5.34. The average Bonchev–Trinajstić information content (AvgIpc) is 2.81. The lowest BCUT2D eigenvalue weighted by Crippen LogP contribution is -2.44. The maximum atomic E-state index is 12.0. The number of carbonyl (C=O) groups excluding carboxylic acids is 1. The van der Waals surface area contributed by atoms with E-state index < -0.39 is 0 Å². The molecule has 0 aliphatic heterocycles. The molecule has 2 unspecified atom stereocenters. The lowest BCUT2D eigenvalue weighted by atomic mass is 9.94. The van der Waals surface area contributed by atoms with Gasteiger partial charge in [0.05, 0.1) is 0 Å². The van der Waals surface area contributed by atoms with E-state index in [-0.39, 0.29) is 11.9 Å². The van der Waals surface area contributed by atoms with E-state index in [2.05, 4.69) is 21.1 Å². The summed E-state index contributed by atoms with van der Waals surface area (Å²) in [4.78, 5) is 14.2. The molecule has 1 aliphatic carbocycles. The van der Waals surface area contributed by atoms with Crippen molar-refractivity contribution in [1.82, 2.24) is 10.1 Å². The molecule has 0 saturated heterocycles. The molecule has 88 valence electrons. The standard InChI is InChI=1S/C11H15BrN2O2/c1-14(10-5-3-2-4-8(10)12)11(15)9-6-7-16-13-9/h6-8,10H,2-5H2,1H3. The Kier molecular flexibility index (Phi) is 3.63. The molecule has 1 saturated carbocycles. The Morgan fingerprint density at radius 1 is 1.56 bits per heavy atom. The Morgan fingerprint density at radius 3 is 2.94 bits per heavy atom. The van der Waals surface area contributed by atoms with Crippen molar-refractivity contribution in [3.05, 3.63) is 18.0 Å². The first kappa shape index (κ1) is 11.6. The summed E-state index contributed by atoms with van der Waals surface area (Å²) >= 11 is 3.65. The Bertz CT molecular complexity index is 353. The van der Waals surface area contributed by atoms with E-state index in [0.29, 0.717) is 10.5 Å². The fourth-order valence-electron chi connectivity index (χ4n) is 2.16. The van der Waals surface area contributed by atoms with Crippen molar-refractivity contribution >= 4 is 21.8 Å². The summed E-state index contributed by atoms with van der Waals surface area (Å²) in [5, 5.41) is 3.68. The predicted molar refractivity (Wildman–Crippen MR) is 63.6 cm³/mol. The molecule has 1 aromatic heterocycles. The molecule has 0 spiro atoms. The van der Waals surface area contributed by atoms with Crippen LogP contribution in [0.5, 0.6) is 0 Å². The normalized spacial score (nSPS) is 25.4. The van der Waals surface area contributed by atoms with Crippen molar-refractivity contribution in [1.29, 1.82) is 0 Å². The fraction of sp³-hybridized carbons (Fsp3) is 0.636. The van der Waals surface area contributed by atoms with Gasteiger partial charge in [-0.2, -0.15) is 0 Å². The zero-order valence-corrected chi connectivity index (χ0v) is 10.8. The molecular formula is C11H15BrN2O2. The van der Waals surface area contributed by atoms with E-state index in [1.165, 1.54) is 19.1 Å². The Balaban J connectivity index is 2.06. The van der Waals surface area contributed by atoms with Crippen molar-refractivity contribution in [3.63, 3.8) is 0 Å². The van der Waals surface area contributed by atoms with E-state index in [0.717, 1.165) is 12.8 Å². The number of rotatable bonds is 2. The summed E-state index contributed by atoms with van der Waals surface area (Å²) in [6.07, 6.45) is 6.02. The van der Waals surface area contributed by atoms with Crippen LogP contribution in [0.3, 0.4) is 0 Å². The number of hydrogen-bond donors (Lipinski definition) is 0. The zero-order chi connectivity index (χ0) is 11.5. The number of aromatic nitrogens is 1. The minimum atomic E-state index is -0.0647. The molecule has 2 atom stereocenters. The highest BCUT2D eigenvalue weighted by Gasteiger charge is 2.30. The number of carbonyl (C=O) groups is 1. The maximum Gasteiger partial charge on any atom is 0.276 e. The van der Waals surface area contributed by atoms with Gasteiger partial charge < -0.3 is 9.42 Å². The minimum Gasteiger partial charge on any atom is -0.364 e. The first-order valence-corrected chi connectivity index (χ1v) is 6.43. The van der Waals surface area contributed by atoms with Gasteiger partial charge >= 0.3 is 0 Å². The van der Waals surface area contributed by atoms with Crippen molar-refractivity contribution < 1.29 is 9.32 Å². The highest BCUT2D eigenvalue weighted by Crippen LogP contribution is 2.28. The van der Waals surface area contributed by atoms with Gasteiger partial charge in [0.25, 0.3) is 5.91 Å². The van der Waals surface area contributed by atoms with Gasteiger partial charge in [0.2, 0.25) is 0 Å². The molecule has 1 fully saturated rings. The Labute approximate surface area is 103 Å². The van der Waals surface area contributed by atoms with Crippen LogP contribution in [0.2, 0.25) is 0 Å². The number of hydrogen-bond acceptors (Lipinski definition) is 3. The van der Waals surface area contributed by atoms with E-state index in [1.54, 1.807) is 11.0 Å². The minimum absolute atomic E-state index is 0.0647. The third-order valence-corrected chi connectivity index (χ3v) is 4.19. The van der Waals surface area contributed by atoms with Gasteiger partial charge in [-0.1, -0.05) is 33.9 Å². The van der Waals surface area contributed by atoms with Crippen LogP contribution in [-0.2, 0) is 0 Å². The van der Waals surface area contributed by atoms with Gasteiger partial charge in [0, 0.05) is 24.0 Å². The van der Waals surface area contributed by atoms with Crippen LogP contribution < -0.4 is 0 Å². The molecule has 0 bridgehead atoms. The smallest absolute Gasteiger partial charge is 0.276 e. The quantitative estimate of drug-likeness (QED) is 0.785. The lowest BCUT2D eigenvalue weighted by molar-refractivity contribution is 0.0694. The van der Waals surface area contributed by atoms with Gasteiger partial charge in [-0.05, 0) is 12.8 Å². The third-order valence-electron chi connectivity index (χ3n) is 3.12. The Hall–Kier alpha value is -0.840.